The normalized spacial score (nSPS) is 10.9. The zero-order chi connectivity index (χ0) is 10.4. The molecule has 0 atom stereocenters. The van der Waals surface area contributed by atoms with E-state index in [1.807, 2.05) is 27.7 Å². The Hall–Kier alpha value is 0.122. The highest BCUT2D eigenvalue weighted by Gasteiger charge is 2.15. The lowest BCUT2D eigenvalue weighted by Crippen LogP contribution is -2.26. The van der Waals surface area contributed by atoms with E-state index >= 15 is 0 Å². The number of carbonyl (C=O) groups is 1. The molecule has 0 aromatic carbocycles. The number of Topliss-reactive ketones (excluding diaryl/α,β-unsaturated/α-hetero) is 1. The van der Waals surface area contributed by atoms with Gasteiger partial charge in [-0.2, -0.15) is 0 Å². The molecule has 0 radical (unpaired) electrons. The van der Waals surface area contributed by atoms with E-state index in [4.69, 9.17) is 9.47 Å². The molecule has 0 N–H and O–H groups in total. The Kier molecular flexibility index (Phi) is 9.97. The average Bonchev–Trinajstić information content (AvgIpc) is 1.80. The molecule has 0 fully saturated rings. The van der Waals surface area contributed by atoms with Gasteiger partial charge in [0.25, 0.3) is 0 Å². The number of hydrogen-bond donors (Lipinski definition) is 0. The van der Waals surface area contributed by atoms with Crippen molar-refractivity contribution in [3.63, 3.8) is 0 Å². The van der Waals surface area contributed by atoms with Crippen molar-refractivity contribution in [1.82, 2.24) is 0 Å². The topological polar surface area (TPSA) is 35.5 Å². The highest BCUT2D eigenvalue weighted by molar-refractivity contribution is 5.76. The number of hydrogen-bond acceptors (Lipinski definition) is 3. The van der Waals surface area contributed by atoms with Crippen LogP contribution in [-0.4, -0.2) is 41.6 Å². The Morgan fingerprint density at radius 3 is 1.64 bits per heavy atom. The van der Waals surface area contributed by atoms with Crippen molar-refractivity contribution in [3.8, 4) is 0 Å². The summed E-state index contributed by atoms with van der Waals surface area (Å²) in [5, 5.41) is 0. The standard InChI is InChI=1S/C10H20O3.Al.3H/c1-7(2)12-10(6-9(5)11)13-8(3)4;;;;/h7-8,10H,6H2,1-5H3;;;;. The Morgan fingerprint density at radius 2 is 1.43 bits per heavy atom. The van der Waals surface area contributed by atoms with Crippen LogP contribution >= 0.6 is 0 Å². The Balaban J connectivity index is 0. The van der Waals surface area contributed by atoms with Crippen LogP contribution in [0.4, 0.5) is 0 Å². The van der Waals surface area contributed by atoms with Crippen molar-refractivity contribution in [2.75, 3.05) is 0 Å². The molecular formula is C10H23AlO3. The van der Waals surface area contributed by atoms with Crippen molar-refractivity contribution >= 4 is 23.1 Å². The molecule has 0 amide bonds. The molecule has 0 unspecified atom stereocenters. The number of carbonyl (C=O) groups excluding carboxylic acids is 1. The highest BCUT2D eigenvalue weighted by Crippen LogP contribution is 2.08. The first-order valence-electron chi connectivity index (χ1n) is 4.72. The van der Waals surface area contributed by atoms with Crippen LogP contribution in [-0.2, 0) is 14.3 Å². The fourth-order valence-electron chi connectivity index (χ4n) is 0.970. The van der Waals surface area contributed by atoms with Crippen molar-refractivity contribution in [3.05, 3.63) is 0 Å². The van der Waals surface area contributed by atoms with Crippen LogP contribution in [0.5, 0.6) is 0 Å². The summed E-state index contributed by atoms with van der Waals surface area (Å²) in [5.74, 6) is 0.0892. The third-order valence-electron chi connectivity index (χ3n) is 1.30. The number of ketones is 1. The molecule has 0 bridgehead atoms. The number of rotatable bonds is 6. The highest BCUT2D eigenvalue weighted by atomic mass is 27.0. The summed E-state index contributed by atoms with van der Waals surface area (Å²) in [5.41, 5.74) is 0. The first-order valence-corrected chi connectivity index (χ1v) is 4.72. The second kappa shape index (κ2) is 8.43. The average molecular weight is 218 g/mol. The summed E-state index contributed by atoms with van der Waals surface area (Å²) in [6.45, 7) is 9.25. The molecule has 84 valence electrons. The second-order valence-electron chi connectivity index (χ2n) is 3.71. The van der Waals surface area contributed by atoms with Gasteiger partial charge in [-0.25, -0.2) is 0 Å². The SMILES string of the molecule is CC(=O)CC(OC(C)C)OC(C)C.[AlH3]. The van der Waals surface area contributed by atoms with E-state index in [9.17, 15) is 4.79 Å². The van der Waals surface area contributed by atoms with Crippen LogP contribution in [0.15, 0.2) is 0 Å². The lowest BCUT2D eigenvalue weighted by atomic mass is 10.3. The Morgan fingerprint density at radius 1 is 1.07 bits per heavy atom. The monoisotopic (exact) mass is 218 g/mol. The molecule has 3 nitrogen and oxygen atoms in total. The zero-order valence-electron chi connectivity index (χ0n) is 9.16. The van der Waals surface area contributed by atoms with E-state index in [-0.39, 0.29) is 35.4 Å². The van der Waals surface area contributed by atoms with Gasteiger partial charge in [-0.05, 0) is 34.6 Å². The van der Waals surface area contributed by atoms with Gasteiger partial charge in [-0.3, -0.25) is 4.79 Å². The van der Waals surface area contributed by atoms with E-state index in [0.717, 1.165) is 0 Å². The van der Waals surface area contributed by atoms with Gasteiger partial charge >= 0.3 is 0 Å². The third-order valence-corrected chi connectivity index (χ3v) is 1.30. The predicted octanol–water partition coefficient (Wildman–Crippen LogP) is 0.958. The summed E-state index contributed by atoms with van der Waals surface area (Å²) in [6, 6.07) is 0. The quantitative estimate of drug-likeness (QED) is 0.492. The van der Waals surface area contributed by atoms with Crippen LogP contribution in [0.1, 0.15) is 41.0 Å². The van der Waals surface area contributed by atoms with Crippen LogP contribution in [0.3, 0.4) is 0 Å². The molecule has 0 aromatic heterocycles. The maximum absolute atomic E-state index is 10.9. The molecule has 4 heteroatoms. The molecule has 0 saturated heterocycles. The largest absolute Gasteiger partial charge is 0.350 e. The summed E-state index contributed by atoms with van der Waals surface area (Å²) in [6.07, 6.45) is 0.111. The molecule has 0 aliphatic rings. The van der Waals surface area contributed by atoms with Crippen molar-refractivity contribution in [2.45, 2.75) is 59.5 Å². The molecule has 0 aliphatic carbocycles. The molecule has 0 spiro atoms. The van der Waals surface area contributed by atoms with E-state index in [1.54, 1.807) is 6.92 Å². The molecule has 0 rings (SSSR count). The van der Waals surface area contributed by atoms with Crippen LogP contribution in [0.2, 0.25) is 0 Å². The fraction of sp³-hybridized carbons (Fsp3) is 0.900. The summed E-state index contributed by atoms with van der Waals surface area (Å²) < 4.78 is 10.9. The van der Waals surface area contributed by atoms with Crippen LogP contribution in [0.25, 0.3) is 0 Å². The van der Waals surface area contributed by atoms with Gasteiger partial charge in [-0.15, -0.1) is 0 Å². The van der Waals surface area contributed by atoms with Gasteiger partial charge in [0, 0.05) is 0 Å². The Bertz CT molecular complexity index is 147. The minimum absolute atomic E-state index is 0. The van der Waals surface area contributed by atoms with Gasteiger partial charge in [0.05, 0.1) is 18.6 Å². The molecular weight excluding hydrogens is 195 g/mol. The molecule has 0 aliphatic heterocycles. The number of ether oxygens (including phenoxy) is 2. The smallest absolute Gasteiger partial charge is 0.187 e. The minimum Gasteiger partial charge on any atom is -0.350 e. The molecule has 14 heavy (non-hydrogen) atoms. The maximum atomic E-state index is 10.9. The van der Waals surface area contributed by atoms with Gasteiger partial charge in [-0.1, -0.05) is 0 Å². The lowest BCUT2D eigenvalue weighted by Gasteiger charge is -2.21. The van der Waals surface area contributed by atoms with E-state index < -0.39 is 6.29 Å². The van der Waals surface area contributed by atoms with Crippen molar-refractivity contribution in [2.24, 2.45) is 0 Å². The second-order valence-corrected chi connectivity index (χ2v) is 3.71. The lowest BCUT2D eigenvalue weighted by molar-refractivity contribution is -0.184. The zero-order valence-corrected chi connectivity index (χ0v) is 9.16. The van der Waals surface area contributed by atoms with E-state index in [0.29, 0.717) is 6.42 Å². The first-order chi connectivity index (χ1) is 5.91. The molecule has 0 saturated carbocycles. The molecule has 0 aromatic rings. The molecule has 0 heterocycles. The van der Waals surface area contributed by atoms with Crippen molar-refractivity contribution < 1.29 is 14.3 Å². The fourth-order valence-corrected chi connectivity index (χ4v) is 0.970. The van der Waals surface area contributed by atoms with Gasteiger partial charge in [0.1, 0.15) is 5.78 Å². The van der Waals surface area contributed by atoms with E-state index in [2.05, 4.69) is 0 Å². The van der Waals surface area contributed by atoms with Crippen LogP contribution < -0.4 is 0 Å². The minimum atomic E-state index is -0.391. The summed E-state index contributed by atoms with van der Waals surface area (Å²) in [7, 11) is 0. The van der Waals surface area contributed by atoms with Gasteiger partial charge in [0.2, 0.25) is 0 Å². The third kappa shape index (κ3) is 10.2. The Labute approximate surface area is 97.3 Å². The summed E-state index contributed by atoms with van der Waals surface area (Å²) in [4.78, 5) is 10.9. The predicted molar refractivity (Wildman–Crippen MR) is 61.5 cm³/mol. The van der Waals surface area contributed by atoms with E-state index in [1.165, 1.54) is 0 Å². The first kappa shape index (κ1) is 16.5. The van der Waals surface area contributed by atoms with Gasteiger partial charge in [0.15, 0.2) is 23.7 Å². The van der Waals surface area contributed by atoms with Gasteiger partial charge < -0.3 is 9.47 Å². The van der Waals surface area contributed by atoms with Crippen molar-refractivity contribution in [1.29, 1.82) is 0 Å². The maximum Gasteiger partial charge on any atom is 0.187 e. The summed E-state index contributed by atoms with van der Waals surface area (Å²) >= 11 is 0. The van der Waals surface area contributed by atoms with Crippen LogP contribution in [0, 0.1) is 0 Å².